The normalized spacial score (nSPS) is 12.5. The summed E-state index contributed by atoms with van der Waals surface area (Å²) in [4.78, 5) is 0. The van der Waals surface area contributed by atoms with E-state index in [2.05, 4.69) is 5.32 Å². The smallest absolute Gasteiger partial charge is 0.134 e. The van der Waals surface area contributed by atoms with Crippen LogP contribution < -0.4 is 5.32 Å². The molecule has 0 fully saturated rings. The zero-order valence-electron chi connectivity index (χ0n) is 11.6. The van der Waals surface area contributed by atoms with Gasteiger partial charge < -0.3 is 5.32 Å². The molecule has 0 saturated heterocycles. The number of halogens is 3. The molecule has 0 aliphatic rings. The van der Waals surface area contributed by atoms with Gasteiger partial charge in [-0.05, 0) is 32.0 Å². The lowest BCUT2D eigenvalue weighted by Gasteiger charge is -2.21. The third kappa shape index (κ3) is 2.70. The lowest BCUT2D eigenvalue weighted by molar-refractivity contribution is 0.499. The van der Waals surface area contributed by atoms with E-state index in [1.807, 2.05) is 32.0 Å². The average molecular weight is 279 g/mol. The summed E-state index contributed by atoms with van der Waals surface area (Å²) in [6.45, 7) is 3.83. The van der Waals surface area contributed by atoms with E-state index >= 15 is 0 Å². The summed E-state index contributed by atoms with van der Waals surface area (Å²) in [5, 5.41) is 2.89. The van der Waals surface area contributed by atoms with Gasteiger partial charge in [-0.1, -0.05) is 23.8 Å². The Morgan fingerprint density at radius 2 is 1.55 bits per heavy atom. The van der Waals surface area contributed by atoms with Crippen LogP contribution in [0.15, 0.2) is 30.3 Å². The van der Waals surface area contributed by atoms with E-state index in [-0.39, 0.29) is 5.56 Å². The molecule has 0 aromatic heterocycles. The first-order chi connectivity index (χ1) is 9.43. The quantitative estimate of drug-likeness (QED) is 0.894. The van der Waals surface area contributed by atoms with Crippen molar-refractivity contribution in [3.63, 3.8) is 0 Å². The molecule has 2 aromatic carbocycles. The highest BCUT2D eigenvalue weighted by atomic mass is 19.1. The molecule has 0 radical (unpaired) electrons. The molecular formula is C16H16F3N. The molecule has 0 amide bonds. The van der Waals surface area contributed by atoms with Crippen molar-refractivity contribution in [2.45, 2.75) is 19.9 Å². The number of aryl methyl sites for hydroxylation is 2. The van der Waals surface area contributed by atoms with Gasteiger partial charge in [-0.2, -0.15) is 0 Å². The molecule has 2 rings (SSSR count). The Morgan fingerprint density at radius 3 is 2.05 bits per heavy atom. The third-order valence-corrected chi connectivity index (χ3v) is 3.36. The fourth-order valence-corrected chi connectivity index (χ4v) is 2.43. The van der Waals surface area contributed by atoms with Crippen LogP contribution in [0.2, 0.25) is 0 Å². The summed E-state index contributed by atoms with van der Waals surface area (Å²) in [6, 6.07) is 6.40. The minimum Gasteiger partial charge on any atom is -0.309 e. The van der Waals surface area contributed by atoms with Crippen LogP contribution >= 0.6 is 0 Å². The predicted molar refractivity (Wildman–Crippen MR) is 73.1 cm³/mol. The third-order valence-electron chi connectivity index (χ3n) is 3.36. The van der Waals surface area contributed by atoms with Crippen molar-refractivity contribution in [1.82, 2.24) is 5.32 Å². The van der Waals surface area contributed by atoms with E-state index < -0.39 is 23.5 Å². The maximum atomic E-state index is 13.9. The topological polar surface area (TPSA) is 12.0 Å². The standard InChI is InChI=1S/C16H16F3N/c1-9-4-5-12(10(2)6-9)16(20-3)15-13(18)7-11(17)8-14(15)19/h4-8,16,20H,1-3H3. The molecule has 4 heteroatoms. The molecule has 1 unspecified atom stereocenters. The molecule has 106 valence electrons. The second-order valence-electron chi connectivity index (χ2n) is 4.86. The minimum absolute atomic E-state index is 0.166. The van der Waals surface area contributed by atoms with Crippen molar-refractivity contribution in [3.05, 3.63) is 70.0 Å². The molecule has 20 heavy (non-hydrogen) atoms. The molecule has 0 heterocycles. The van der Waals surface area contributed by atoms with Gasteiger partial charge in [0.05, 0.1) is 6.04 Å². The van der Waals surface area contributed by atoms with Crippen LogP contribution in [0.25, 0.3) is 0 Å². The molecular weight excluding hydrogens is 263 g/mol. The summed E-state index contributed by atoms with van der Waals surface area (Å²) in [6.07, 6.45) is 0. The van der Waals surface area contributed by atoms with Crippen LogP contribution in [-0.2, 0) is 0 Å². The van der Waals surface area contributed by atoms with Crippen LogP contribution in [0.3, 0.4) is 0 Å². The van der Waals surface area contributed by atoms with Crippen LogP contribution in [0.1, 0.15) is 28.3 Å². The predicted octanol–water partition coefficient (Wildman–Crippen LogP) is 4.03. The Labute approximate surface area is 116 Å². The van der Waals surface area contributed by atoms with E-state index in [0.717, 1.165) is 16.7 Å². The van der Waals surface area contributed by atoms with Crippen LogP contribution in [-0.4, -0.2) is 7.05 Å². The average Bonchev–Trinajstić information content (AvgIpc) is 2.34. The second-order valence-corrected chi connectivity index (χ2v) is 4.86. The number of nitrogens with one attached hydrogen (secondary N) is 1. The first-order valence-corrected chi connectivity index (χ1v) is 6.33. The Kier molecular flexibility index (Phi) is 4.14. The van der Waals surface area contributed by atoms with Crippen molar-refractivity contribution in [2.24, 2.45) is 0 Å². The summed E-state index contributed by atoms with van der Waals surface area (Å²) < 4.78 is 40.9. The lowest BCUT2D eigenvalue weighted by Crippen LogP contribution is -2.21. The van der Waals surface area contributed by atoms with Crippen molar-refractivity contribution < 1.29 is 13.2 Å². The summed E-state index contributed by atoms with van der Waals surface area (Å²) in [7, 11) is 1.62. The zero-order chi connectivity index (χ0) is 14.9. The molecule has 0 bridgehead atoms. The van der Waals surface area contributed by atoms with Crippen LogP contribution in [0.4, 0.5) is 13.2 Å². The number of rotatable bonds is 3. The molecule has 1 atom stereocenters. The highest BCUT2D eigenvalue weighted by molar-refractivity contribution is 5.40. The minimum atomic E-state index is -0.917. The Balaban J connectivity index is 2.58. The van der Waals surface area contributed by atoms with Crippen LogP contribution in [0.5, 0.6) is 0 Å². The van der Waals surface area contributed by atoms with E-state index in [9.17, 15) is 13.2 Å². The second kappa shape index (κ2) is 5.67. The maximum absolute atomic E-state index is 13.9. The molecule has 0 saturated carbocycles. The first-order valence-electron chi connectivity index (χ1n) is 6.33. The van der Waals surface area contributed by atoms with Gasteiger partial charge in [0.25, 0.3) is 0 Å². The van der Waals surface area contributed by atoms with Gasteiger partial charge in [0.2, 0.25) is 0 Å². The largest absolute Gasteiger partial charge is 0.309 e. The molecule has 1 N–H and O–H groups in total. The highest BCUT2D eigenvalue weighted by Crippen LogP contribution is 2.29. The zero-order valence-corrected chi connectivity index (χ0v) is 11.6. The highest BCUT2D eigenvalue weighted by Gasteiger charge is 2.22. The molecule has 1 nitrogen and oxygen atoms in total. The van der Waals surface area contributed by atoms with Crippen molar-refractivity contribution in [2.75, 3.05) is 7.05 Å². The summed E-state index contributed by atoms with van der Waals surface area (Å²) in [5.74, 6) is -2.69. The summed E-state index contributed by atoms with van der Waals surface area (Å²) >= 11 is 0. The van der Waals surface area contributed by atoms with Crippen molar-refractivity contribution >= 4 is 0 Å². The Bertz CT molecular complexity index is 615. The van der Waals surface area contributed by atoms with E-state index in [1.165, 1.54) is 0 Å². The van der Waals surface area contributed by atoms with E-state index in [1.54, 1.807) is 7.05 Å². The van der Waals surface area contributed by atoms with Gasteiger partial charge in [0.15, 0.2) is 0 Å². The number of hydrogen-bond acceptors (Lipinski definition) is 1. The fraction of sp³-hybridized carbons (Fsp3) is 0.250. The van der Waals surface area contributed by atoms with Crippen molar-refractivity contribution in [3.8, 4) is 0 Å². The molecule has 0 aliphatic carbocycles. The Morgan fingerprint density at radius 1 is 0.950 bits per heavy atom. The first kappa shape index (κ1) is 14.6. The van der Waals surface area contributed by atoms with Crippen molar-refractivity contribution in [1.29, 1.82) is 0 Å². The van der Waals surface area contributed by atoms with E-state index in [4.69, 9.17) is 0 Å². The maximum Gasteiger partial charge on any atom is 0.134 e. The fourth-order valence-electron chi connectivity index (χ4n) is 2.43. The summed E-state index contributed by atoms with van der Waals surface area (Å²) in [5.41, 5.74) is 2.59. The molecule has 0 spiro atoms. The van der Waals surface area contributed by atoms with Gasteiger partial charge in [-0.3, -0.25) is 0 Å². The lowest BCUT2D eigenvalue weighted by atomic mass is 9.93. The van der Waals surface area contributed by atoms with Gasteiger partial charge in [-0.25, -0.2) is 13.2 Å². The molecule has 2 aromatic rings. The van der Waals surface area contributed by atoms with Gasteiger partial charge in [0.1, 0.15) is 17.5 Å². The number of hydrogen-bond donors (Lipinski definition) is 1. The van der Waals surface area contributed by atoms with Crippen LogP contribution in [0, 0.1) is 31.3 Å². The van der Waals surface area contributed by atoms with Gasteiger partial charge >= 0.3 is 0 Å². The van der Waals surface area contributed by atoms with E-state index in [0.29, 0.717) is 12.1 Å². The molecule has 0 aliphatic heterocycles. The SMILES string of the molecule is CNC(c1ccc(C)cc1C)c1c(F)cc(F)cc1F. The number of benzene rings is 2. The van der Waals surface area contributed by atoms with Gasteiger partial charge in [0, 0.05) is 17.7 Å². The van der Waals surface area contributed by atoms with Gasteiger partial charge in [-0.15, -0.1) is 0 Å². The monoisotopic (exact) mass is 279 g/mol. The Hall–Kier alpha value is -1.81.